The second-order valence-electron chi connectivity index (χ2n) is 8.86. The lowest BCUT2D eigenvalue weighted by Crippen LogP contribution is -1.86. The van der Waals surface area contributed by atoms with Crippen LogP contribution in [-0.2, 0) is 0 Å². The molecule has 4 heteroatoms. The van der Waals surface area contributed by atoms with E-state index in [1.807, 2.05) is 30.6 Å². The Morgan fingerprint density at radius 2 is 1.28 bits per heavy atom. The number of aromatic nitrogens is 2. The summed E-state index contributed by atoms with van der Waals surface area (Å²) < 4.78 is 14.5. The number of rotatable bonds is 3. The van der Waals surface area contributed by atoms with Crippen molar-refractivity contribution in [2.45, 2.75) is 0 Å². The van der Waals surface area contributed by atoms with E-state index >= 15 is 0 Å². The predicted molar refractivity (Wildman–Crippen MR) is 149 cm³/mol. The third kappa shape index (κ3) is 3.55. The molecule has 170 valence electrons. The van der Waals surface area contributed by atoms with Crippen LogP contribution in [0.2, 0.25) is 0 Å². The monoisotopic (exact) mass is 482 g/mol. The molecular weight excluding hydrogens is 463 g/mol. The highest BCUT2D eigenvalue weighted by atomic mass is 32.1. The van der Waals surface area contributed by atoms with E-state index in [-0.39, 0.29) is 5.82 Å². The van der Waals surface area contributed by atoms with Gasteiger partial charge in [-0.3, -0.25) is 4.98 Å². The van der Waals surface area contributed by atoms with Gasteiger partial charge in [0.25, 0.3) is 0 Å². The minimum absolute atomic E-state index is 0.221. The molecule has 0 atom stereocenters. The van der Waals surface area contributed by atoms with Crippen LogP contribution in [0.1, 0.15) is 0 Å². The zero-order valence-electron chi connectivity index (χ0n) is 19.2. The lowest BCUT2D eigenvalue weighted by Gasteiger charge is -2.08. The minimum Gasteiger partial charge on any atom is -0.256 e. The number of thiophene rings is 1. The van der Waals surface area contributed by atoms with Gasteiger partial charge in [0.05, 0.1) is 5.69 Å². The molecule has 0 saturated heterocycles. The Kier molecular flexibility index (Phi) is 4.86. The summed E-state index contributed by atoms with van der Waals surface area (Å²) in [6, 6.07) is 34.2. The quantitative estimate of drug-likeness (QED) is 0.251. The lowest BCUT2D eigenvalue weighted by atomic mass is 9.98. The minimum atomic E-state index is -0.221. The van der Waals surface area contributed by atoms with Gasteiger partial charge in [-0.25, -0.2) is 9.37 Å². The van der Waals surface area contributed by atoms with E-state index in [4.69, 9.17) is 4.98 Å². The van der Waals surface area contributed by atoms with Gasteiger partial charge in [-0.1, -0.05) is 60.7 Å². The van der Waals surface area contributed by atoms with Crippen LogP contribution < -0.4 is 0 Å². The number of hydrogen-bond acceptors (Lipinski definition) is 3. The molecule has 0 aliphatic carbocycles. The molecule has 0 N–H and O–H groups in total. The van der Waals surface area contributed by atoms with Crippen LogP contribution in [0.5, 0.6) is 0 Å². The molecule has 3 aromatic heterocycles. The Morgan fingerprint density at radius 1 is 0.583 bits per heavy atom. The predicted octanol–water partition coefficient (Wildman–Crippen LogP) is 9.14. The van der Waals surface area contributed by atoms with E-state index in [0.29, 0.717) is 0 Å². The van der Waals surface area contributed by atoms with Gasteiger partial charge < -0.3 is 0 Å². The van der Waals surface area contributed by atoms with Gasteiger partial charge in [-0.2, -0.15) is 0 Å². The Bertz CT molecular complexity index is 1890. The Balaban J connectivity index is 1.23. The SMILES string of the molecule is Fc1ccc(-c2ccc3cc(-c4ccc(-c5cccc6c5sc5ncccc56)nc4)ccc3c2)cc1. The molecule has 0 fully saturated rings. The molecular formula is C32H19FN2S. The molecule has 0 aliphatic heterocycles. The van der Waals surface area contributed by atoms with Crippen molar-refractivity contribution in [3.63, 3.8) is 0 Å². The largest absolute Gasteiger partial charge is 0.256 e. The van der Waals surface area contributed by atoms with Crippen molar-refractivity contribution in [1.29, 1.82) is 0 Å². The van der Waals surface area contributed by atoms with Gasteiger partial charge in [-0.05, 0) is 69.9 Å². The average Bonchev–Trinajstić information content (AvgIpc) is 3.32. The number of pyridine rings is 2. The number of fused-ring (bicyclic) bond motifs is 4. The number of hydrogen-bond donors (Lipinski definition) is 0. The van der Waals surface area contributed by atoms with E-state index in [2.05, 4.69) is 77.8 Å². The molecule has 36 heavy (non-hydrogen) atoms. The van der Waals surface area contributed by atoms with E-state index in [9.17, 15) is 4.39 Å². The number of halogens is 1. The normalized spacial score (nSPS) is 11.5. The summed E-state index contributed by atoms with van der Waals surface area (Å²) in [6.45, 7) is 0. The maximum absolute atomic E-state index is 13.3. The maximum atomic E-state index is 13.3. The zero-order valence-corrected chi connectivity index (χ0v) is 20.0. The Hall–Kier alpha value is -4.41. The number of nitrogens with zero attached hydrogens (tertiary/aromatic N) is 2. The van der Waals surface area contributed by atoms with Crippen molar-refractivity contribution in [3.05, 3.63) is 121 Å². The molecule has 0 bridgehead atoms. The van der Waals surface area contributed by atoms with Crippen LogP contribution in [0.25, 0.3) is 64.6 Å². The number of benzene rings is 4. The first-order valence-electron chi connectivity index (χ1n) is 11.8. The fraction of sp³-hybridized carbons (Fsp3) is 0. The van der Waals surface area contributed by atoms with Crippen LogP contribution in [0.4, 0.5) is 4.39 Å². The second kappa shape index (κ2) is 8.36. The Labute approximate surface area is 211 Å². The van der Waals surface area contributed by atoms with Crippen molar-refractivity contribution >= 4 is 42.4 Å². The van der Waals surface area contributed by atoms with Crippen molar-refractivity contribution in [3.8, 4) is 33.5 Å². The van der Waals surface area contributed by atoms with Crippen molar-refractivity contribution in [2.75, 3.05) is 0 Å². The summed E-state index contributed by atoms with van der Waals surface area (Å²) >= 11 is 1.72. The highest BCUT2D eigenvalue weighted by molar-refractivity contribution is 7.26. The summed E-state index contributed by atoms with van der Waals surface area (Å²) in [6.07, 6.45) is 3.80. The second-order valence-corrected chi connectivity index (χ2v) is 9.86. The highest BCUT2D eigenvalue weighted by Crippen LogP contribution is 2.38. The topological polar surface area (TPSA) is 25.8 Å². The molecule has 0 amide bonds. The molecule has 0 unspecified atom stereocenters. The molecule has 7 rings (SSSR count). The van der Waals surface area contributed by atoms with Crippen LogP contribution in [0, 0.1) is 5.82 Å². The maximum Gasteiger partial charge on any atom is 0.124 e. The summed E-state index contributed by atoms with van der Waals surface area (Å²) in [4.78, 5) is 10.4. The smallest absolute Gasteiger partial charge is 0.124 e. The van der Waals surface area contributed by atoms with Gasteiger partial charge >= 0.3 is 0 Å². The first kappa shape index (κ1) is 20.9. The molecule has 2 nitrogen and oxygen atoms in total. The third-order valence-electron chi connectivity index (χ3n) is 6.67. The van der Waals surface area contributed by atoms with Gasteiger partial charge in [0, 0.05) is 39.0 Å². The van der Waals surface area contributed by atoms with Gasteiger partial charge in [-0.15, -0.1) is 11.3 Å². The van der Waals surface area contributed by atoms with E-state index < -0.39 is 0 Å². The van der Waals surface area contributed by atoms with Crippen LogP contribution in [0.3, 0.4) is 0 Å². The van der Waals surface area contributed by atoms with Crippen LogP contribution in [-0.4, -0.2) is 9.97 Å². The van der Waals surface area contributed by atoms with Crippen molar-refractivity contribution in [2.24, 2.45) is 0 Å². The third-order valence-corrected chi connectivity index (χ3v) is 7.83. The summed E-state index contributed by atoms with van der Waals surface area (Å²) in [5, 5.41) is 4.72. The molecule has 0 spiro atoms. The van der Waals surface area contributed by atoms with Gasteiger partial charge in [0.1, 0.15) is 10.6 Å². The fourth-order valence-corrected chi connectivity index (χ4v) is 5.97. The highest BCUT2D eigenvalue weighted by Gasteiger charge is 2.12. The van der Waals surface area contributed by atoms with Crippen LogP contribution in [0.15, 0.2) is 116 Å². The van der Waals surface area contributed by atoms with E-state index in [1.165, 1.54) is 27.6 Å². The van der Waals surface area contributed by atoms with Crippen molar-refractivity contribution < 1.29 is 4.39 Å². The molecule has 7 aromatic rings. The summed E-state index contributed by atoms with van der Waals surface area (Å²) in [5.74, 6) is -0.221. The molecule has 0 radical (unpaired) electrons. The summed E-state index contributed by atoms with van der Waals surface area (Å²) in [5.41, 5.74) is 6.38. The van der Waals surface area contributed by atoms with E-state index in [1.54, 1.807) is 11.3 Å². The summed E-state index contributed by atoms with van der Waals surface area (Å²) in [7, 11) is 0. The zero-order chi connectivity index (χ0) is 24.1. The molecule has 0 saturated carbocycles. The first-order chi connectivity index (χ1) is 17.7. The van der Waals surface area contributed by atoms with Gasteiger partial charge in [0.2, 0.25) is 0 Å². The van der Waals surface area contributed by atoms with Gasteiger partial charge in [0.15, 0.2) is 0 Å². The van der Waals surface area contributed by atoms with Crippen LogP contribution >= 0.6 is 11.3 Å². The first-order valence-corrected chi connectivity index (χ1v) is 12.6. The fourth-order valence-electron chi connectivity index (χ4n) is 4.81. The van der Waals surface area contributed by atoms with Crippen molar-refractivity contribution in [1.82, 2.24) is 9.97 Å². The molecule has 4 aromatic carbocycles. The Morgan fingerprint density at radius 3 is 2.03 bits per heavy atom. The standard InChI is InChI=1S/C32H19FN2S/c33-26-13-10-20(11-14-26)21-6-7-23-18-24(9-8-22(23)17-21)25-12-15-30(35-19-25)29-4-1-3-27-28-5-2-16-34-32(28)36-31(27)29/h1-19H. The molecule has 3 heterocycles. The lowest BCUT2D eigenvalue weighted by molar-refractivity contribution is 0.628. The molecule has 0 aliphatic rings. The average molecular weight is 483 g/mol. The van der Waals surface area contributed by atoms with E-state index in [0.717, 1.165) is 49.1 Å².